The third-order valence-corrected chi connectivity index (χ3v) is 2.09. The quantitative estimate of drug-likeness (QED) is 0.741. The molecule has 13 heavy (non-hydrogen) atoms. The topological polar surface area (TPSA) is 12.0 Å². The Balaban J connectivity index is 2.98. The molecule has 1 nitrogen and oxygen atoms in total. The molecule has 0 saturated heterocycles. The molecule has 0 unspecified atom stereocenters. The van der Waals surface area contributed by atoms with E-state index in [9.17, 15) is 0 Å². The number of hydrogen-bond donors (Lipinski definition) is 1. The Morgan fingerprint density at radius 2 is 2.15 bits per heavy atom. The monoisotopic (exact) mass is 175 g/mol. The van der Waals surface area contributed by atoms with Crippen LogP contribution in [0.25, 0.3) is 5.57 Å². The Morgan fingerprint density at radius 1 is 1.46 bits per heavy atom. The zero-order valence-electron chi connectivity index (χ0n) is 8.65. The lowest BCUT2D eigenvalue weighted by molar-refractivity contribution is 1.20. The molecule has 1 rings (SSSR count). The maximum absolute atomic E-state index is 3.92. The van der Waals surface area contributed by atoms with Gasteiger partial charge in [-0.25, -0.2) is 0 Å². The van der Waals surface area contributed by atoms with E-state index in [0.29, 0.717) is 0 Å². The summed E-state index contributed by atoms with van der Waals surface area (Å²) in [5.74, 6) is 0. The second kappa shape index (κ2) is 4.13. The van der Waals surface area contributed by atoms with Gasteiger partial charge in [0.1, 0.15) is 0 Å². The van der Waals surface area contributed by atoms with Gasteiger partial charge in [0.25, 0.3) is 0 Å². The molecule has 0 atom stereocenters. The summed E-state index contributed by atoms with van der Waals surface area (Å²) in [5.41, 5.74) is 4.83. The van der Waals surface area contributed by atoms with Crippen LogP contribution < -0.4 is 5.32 Å². The first-order chi connectivity index (χ1) is 6.15. The molecular formula is C12H17N. The van der Waals surface area contributed by atoms with Gasteiger partial charge in [0.2, 0.25) is 0 Å². The molecule has 1 heteroatoms. The second-order valence-electron chi connectivity index (χ2n) is 3.34. The zero-order chi connectivity index (χ0) is 9.84. The number of benzene rings is 1. The van der Waals surface area contributed by atoms with Gasteiger partial charge in [-0.05, 0) is 44.0 Å². The first kappa shape index (κ1) is 9.85. The van der Waals surface area contributed by atoms with Gasteiger partial charge in [-0.3, -0.25) is 0 Å². The average molecular weight is 175 g/mol. The SMILES string of the molecule is C=C(C)c1ccc(NCC)c(C)c1. The minimum Gasteiger partial charge on any atom is -0.385 e. The number of allylic oxidation sites excluding steroid dienone is 1. The predicted molar refractivity (Wildman–Crippen MR) is 60.1 cm³/mol. The van der Waals surface area contributed by atoms with Gasteiger partial charge < -0.3 is 5.32 Å². The molecule has 0 aliphatic heterocycles. The standard InChI is InChI=1S/C12H17N/c1-5-13-12-7-6-11(9(2)3)8-10(12)4/h6-8,13H,2,5H2,1,3-4H3. The van der Waals surface area contributed by atoms with E-state index in [2.05, 4.69) is 43.9 Å². The van der Waals surface area contributed by atoms with Crippen molar-refractivity contribution in [1.29, 1.82) is 0 Å². The number of hydrogen-bond acceptors (Lipinski definition) is 1. The summed E-state index contributed by atoms with van der Waals surface area (Å²) in [6, 6.07) is 6.39. The smallest absolute Gasteiger partial charge is 0.0370 e. The van der Waals surface area contributed by atoms with E-state index in [1.807, 2.05) is 6.92 Å². The van der Waals surface area contributed by atoms with Gasteiger partial charge >= 0.3 is 0 Å². The van der Waals surface area contributed by atoms with Crippen LogP contribution in [0.3, 0.4) is 0 Å². The molecule has 0 bridgehead atoms. The van der Waals surface area contributed by atoms with Crippen molar-refractivity contribution in [3.63, 3.8) is 0 Å². The maximum Gasteiger partial charge on any atom is 0.0370 e. The summed E-state index contributed by atoms with van der Waals surface area (Å²) < 4.78 is 0. The van der Waals surface area contributed by atoms with Crippen LogP contribution in [0.15, 0.2) is 24.8 Å². The number of rotatable bonds is 3. The van der Waals surface area contributed by atoms with Crippen LogP contribution in [-0.4, -0.2) is 6.54 Å². The van der Waals surface area contributed by atoms with Crippen LogP contribution in [0.5, 0.6) is 0 Å². The molecule has 1 N–H and O–H groups in total. The van der Waals surface area contributed by atoms with Crippen molar-refractivity contribution in [2.24, 2.45) is 0 Å². The normalized spacial score (nSPS) is 9.77. The van der Waals surface area contributed by atoms with Gasteiger partial charge in [-0.1, -0.05) is 18.2 Å². The first-order valence-corrected chi connectivity index (χ1v) is 4.65. The Labute approximate surface area is 80.5 Å². The van der Waals surface area contributed by atoms with Crippen molar-refractivity contribution in [1.82, 2.24) is 0 Å². The van der Waals surface area contributed by atoms with E-state index >= 15 is 0 Å². The Kier molecular flexibility index (Phi) is 3.13. The van der Waals surface area contributed by atoms with Crippen LogP contribution in [-0.2, 0) is 0 Å². The summed E-state index contributed by atoms with van der Waals surface area (Å²) in [4.78, 5) is 0. The number of aryl methyl sites for hydroxylation is 1. The third-order valence-electron chi connectivity index (χ3n) is 2.09. The van der Waals surface area contributed by atoms with Crippen molar-refractivity contribution in [3.05, 3.63) is 35.9 Å². The Hall–Kier alpha value is -1.24. The van der Waals surface area contributed by atoms with Gasteiger partial charge in [0.15, 0.2) is 0 Å². The van der Waals surface area contributed by atoms with Gasteiger partial charge in [-0.2, -0.15) is 0 Å². The molecule has 0 radical (unpaired) electrons. The van der Waals surface area contributed by atoms with Crippen molar-refractivity contribution >= 4 is 11.3 Å². The van der Waals surface area contributed by atoms with Gasteiger partial charge in [0, 0.05) is 12.2 Å². The minimum absolute atomic E-state index is 0.966. The van der Waals surface area contributed by atoms with Crippen LogP contribution in [0.1, 0.15) is 25.0 Å². The van der Waals surface area contributed by atoms with E-state index < -0.39 is 0 Å². The van der Waals surface area contributed by atoms with Crippen LogP contribution in [0, 0.1) is 6.92 Å². The molecule has 1 aromatic carbocycles. The zero-order valence-corrected chi connectivity index (χ0v) is 8.65. The highest BCUT2D eigenvalue weighted by Crippen LogP contribution is 2.20. The first-order valence-electron chi connectivity index (χ1n) is 4.65. The van der Waals surface area contributed by atoms with Crippen LogP contribution in [0.4, 0.5) is 5.69 Å². The summed E-state index contributed by atoms with van der Waals surface area (Å²) >= 11 is 0. The maximum atomic E-state index is 3.92. The molecule has 0 heterocycles. The minimum atomic E-state index is 0.966. The molecule has 1 aromatic rings. The summed E-state index contributed by atoms with van der Waals surface area (Å²) in [6.07, 6.45) is 0. The van der Waals surface area contributed by atoms with Crippen molar-refractivity contribution in [2.45, 2.75) is 20.8 Å². The molecule has 0 aliphatic rings. The van der Waals surface area contributed by atoms with Gasteiger partial charge in [-0.15, -0.1) is 0 Å². The lowest BCUT2D eigenvalue weighted by Crippen LogP contribution is -1.98. The highest BCUT2D eigenvalue weighted by molar-refractivity contribution is 5.65. The fourth-order valence-electron chi connectivity index (χ4n) is 1.32. The van der Waals surface area contributed by atoms with Crippen LogP contribution in [0.2, 0.25) is 0 Å². The van der Waals surface area contributed by atoms with Crippen molar-refractivity contribution < 1.29 is 0 Å². The fraction of sp³-hybridized carbons (Fsp3) is 0.333. The van der Waals surface area contributed by atoms with Crippen molar-refractivity contribution in [3.8, 4) is 0 Å². The highest BCUT2D eigenvalue weighted by Gasteiger charge is 1.98. The lowest BCUT2D eigenvalue weighted by atomic mass is 10.0. The predicted octanol–water partition coefficient (Wildman–Crippen LogP) is 3.46. The van der Waals surface area contributed by atoms with E-state index in [4.69, 9.17) is 0 Å². The summed E-state index contributed by atoms with van der Waals surface area (Å²) in [5, 5.41) is 3.31. The molecule has 0 amide bonds. The number of anilines is 1. The Bertz CT molecular complexity index is 313. The van der Waals surface area contributed by atoms with Crippen molar-refractivity contribution in [2.75, 3.05) is 11.9 Å². The fourth-order valence-corrected chi connectivity index (χ4v) is 1.32. The highest BCUT2D eigenvalue weighted by atomic mass is 14.9. The van der Waals surface area contributed by atoms with E-state index in [-0.39, 0.29) is 0 Å². The van der Waals surface area contributed by atoms with E-state index in [1.54, 1.807) is 0 Å². The molecule has 0 saturated carbocycles. The van der Waals surface area contributed by atoms with E-state index in [0.717, 1.165) is 12.1 Å². The molecule has 0 spiro atoms. The average Bonchev–Trinajstić information content (AvgIpc) is 2.08. The Morgan fingerprint density at radius 3 is 2.62 bits per heavy atom. The summed E-state index contributed by atoms with van der Waals surface area (Å²) in [7, 11) is 0. The number of nitrogens with one attached hydrogen (secondary N) is 1. The molecule has 0 aromatic heterocycles. The van der Waals surface area contributed by atoms with Crippen LogP contribution >= 0.6 is 0 Å². The second-order valence-corrected chi connectivity index (χ2v) is 3.34. The third kappa shape index (κ3) is 2.35. The van der Waals surface area contributed by atoms with Gasteiger partial charge in [0.05, 0.1) is 0 Å². The molecule has 0 aliphatic carbocycles. The summed E-state index contributed by atoms with van der Waals surface area (Å²) in [6.45, 7) is 11.1. The van der Waals surface area contributed by atoms with E-state index in [1.165, 1.54) is 16.8 Å². The molecule has 0 fully saturated rings. The largest absolute Gasteiger partial charge is 0.385 e. The lowest BCUT2D eigenvalue weighted by Gasteiger charge is -2.09. The molecular weight excluding hydrogens is 158 g/mol. The molecule has 70 valence electrons.